The number of carbonyl (C=O) groups is 1. The minimum Gasteiger partial charge on any atom is -0.508 e. The Bertz CT molecular complexity index is 1230. The van der Waals surface area contributed by atoms with Crippen LogP contribution < -0.4 is 4.90 Å². The molecule has 4 aromatic rings. The van der Waals surface area contributed by atoms with Crippen molar-refractivity contribution in [3.63, 3.8) is 0 Å². The summed E-state index contributed by atoms with van der Waals surface area (Å²) in [4.78, 5) is 14.4. The van der Waals surface area contributed by atoms with Gasteiger partial charge in [-0.3, -0.25) is 4.90 Å². The summed E-state index contributed by atoms with van der Waals surface area (Å²) in [5.74, 6) is -0.277. The molecule has 8 heteroatoms. The Balaban J connectivity index is 1.53. The molecular formula is C24H19FN4O3. The van der Waals surface area contributed by atoms with E-state index in [0.717, 1.165) is 16.8 Å². The van der Waals surface area contributed by atoms with Gasteiger partial charge in [0.1, 0.15) is 23.7 Å². The van der Waals surface area contributed by atoms with E-state index in [1.165, 1.54) is 29.2 Å². The third-order valence-corrected chi connectivity index (χ3v) is 5.46. The van der Waals surface area contributed by atoms with Crippen LogP contribution in [0.4, 0.5) is 14.9 Å². The van der Waals surface area contributed by atoms with Crippen molar-refractivity contribution in [2.24, 2.45) is 0 Å². The van der Waals surface area contributed by atoms with E-state index in [0.29, 0.717) is 5.69 Å². The van der Waals surface area contributed by atoms with E-state index in [9.17, 15) is 14.3 Å². The fourth-order valence-corrected chi connectivity index (χ4v) is 3.97. The smallest absolute Gasteiger partial charge is 0.415 e. The number of benzene rings is 3. The van der Waals surface area contributed by atoms with Crippen molar-refractivity contribution in [1.29, 1.82) is 0 Å². The monoisotopic (exact) mass is 430 g/mol. The summed E-state index contributed by atoms with van der Waals surface area (Å²) in [6, 6.07) is 21.5. The molecule has 32 heavy (non-hydrogen) atoms. The fourth-order valence-electron chi connectivity index (χ4n) is 3.97. The Morgan fingerprint density at radius 3 is 2.41 bits per heavy atom. The molecule has 1 aliphatic rings. The number of anilines is 1. The van der Waals surface area contributed by atoms with Gasteiger partial charge in [0.2, 0.25) is 0 Å². The Labute approximate surface area is 183 Å². The standard InChI is InChI=1S/C24H19FN4O3/c25-18-8-10-19(11-9-18)29-23(17-6-12-20(30)13-7-17)22(32-24(29)31)15-28-21(14-26-27-28)16-4-2-1-3-5-16/h1-14,22-23,30H,15H2/t22-,23?/m1/s1. The van der Waals surface area contributed by atoms with Crippen molar-refractivity contribution in [1.82, 2.24) is 15.0 Å². The van der Waals surface area contributed by atoms with Gasteiger partial charge in [-0.05, 0) is 42.0 Å². The van der Waals surface area contributed by atoms with E-state index in [1.54, 1.807) is 35.1 Å². The number of hydrogen-bond acceptors (Lipinski definition) is 5. The molecule has 1 fully saturated rings. The number of cyclic esters (lactones) is 1. The van der Waals surface area contributed by atoms with Crippen LogP contribution in [0.25, 0.3) is 11.3 Å². The summed E-state index contributed by atoms with van der Waals surface area (Å²) in [7, 11) is 0. The number of amides is 1. The lowest BCUT2D eigenvalue weighted by molar-refractivity contribution is 0.118. The van der Waals surface area contributed by atoms with E-state index in [4.69, 9.17) is 4.74 Å². The molecule has 1 amide bonds. The molecule has 1 aliphatic heterocycles. The molecule has 160 valence electrons. The summed E-state index contributed by atoms with van der Waals surface area (Å²) in [5.41, 5.74) is 3.02. The number of hydrogen-bond donors (Lipinski definition) is 1. The van der Waals surface area contributed by atoms with Crippen LogP contribution in [0.3, 0.4) is 0 Å². The van der Waals surface area contributed by atoms with Crippen LogP contribution in [-0.4, -0.2) is 32.3 Å². The summed E-state index contributed by atoms with van der Waals surface area (Å²) in [6.45, 7) is 0.263. The fraction of sp³-hybridized carbons (Fsp3) is 0.125. The zero-order chi connectivity index (χ0) is 22.1. The van der Waals surface area contributed by atoms with Gasteiger partial charge >= 0.3 is 6.09 Å². The average Bonchev–Trinajstić information content (AvgIpc) is 3.40. The van der Waals surface area contributed by atoms with Gasteiger partial charge in [0.05, 0.1) is 18.4 Å². The number of phenols is 1. The highest BCUT2D eigenvalue weighted by Crippen LogP contribution is 2.39. The number of ether oxygens (including phenoxy) is 1. The molecule has 5 rings (SSSR count). The number of carbonyl (C=O) groups excluding carboxylic acids is 1. The van der Waals surface area contributed by atoms with Gasteiger partial charge in [0.25, 0.3) is 0 Å². The topological polar surface area (TPSA) is 80.5 Å². The van der Waals surface area contributed by atoms with E-state index in [2.05, 4.69) is 10.3 Å². The number of nitrogens with zero attached hydrogens (tertiary/aromatic N) is 4. The Morgan fingerprint density at radius 2 is 1.69 bits per heavy atom. The SMILES string of the molecule is O=C1O[C@H](Cn2nncc2-c2ccccc2)C(c2ccc(O)cc2)N1c1ccc(F)cc1. The molecule has 0 saturated carbocycles. The zero-order valence-electron chi connectivity index (χ0n) is 16.9. The second-order valence-corrected chi connectivity index (χ2v) is 7.47. The maximum Gasteiger partial charge on any atom is 0.415 e. The molecule has 1 aromatic heterocycles. The quantitative estimate of drug-likeness (QED) is 0.502. The number of aromatic hydroxyl groups is 1. The second kappa shape index (κ2) is 8.14. The zero-order valence-corrected chi connectivity index (χ0v) is 16.9. The largest absolute Gasteiger partial charge is 0.508 e. The third kappa shape index (κ3) is 3.66. The van der Waals surface area contributed by atoms with Gasteiger partial charge in [-0.2, -0.15) is 0 Å². The predicted octanol–water partition coefficient (Wildman–Crippen LogP) is 4.56. The van der Waals surface area contributed by atoms with Crippen molar-refractivity contribution in [2.45, 2.75) is 18.7 Å². The molecule has 0 radical (unpaired) electrons. The molecular weight excluding hydrogens is 411 g/mol. The van der Waals surface area contributed by atoms with Crippen molar-refractivity contribution in [2.75, 3.05) is 4.90 Å². The van der Waals surface area contributed by atoms with Crippen LogP contribution in [0.15, 0.2) is 85.1 Å². The lowest BCUT2D eigenvalue weighted by Crippen LogP contribution is -2.31. The lowest BCUT2D eigenvalue weighted by atomic mass is 9.99. The van der Waals surface area contributed by atoms with E-state index < -0.39 is 24.1 Å². The second-order valence-electron chi connectivity index (χ2n) is 7.47. The highest BCUT2D eigenvalue weighted by Gasteiger charge is 2.44. The molecule has 1 unspecified atom stereocenters. The minimum absolute atomic E-state index is 0.117. The number of halogens is 1. The van der Waals surface area contributed by atoms with Crippen molar-refractivity contribution < 1.29 is 19.0 Å². The van der Waals surface area contributed by atoms with Gasteiger partial charge in [-0.15, -0.1) is 5.10 Å². The van der Waals surface area contributed by atoms with Crippen molar-refractivity contribution in [3.05, 3.63) is 96.4 Å². The van der Waals surface area contributed by atoms with E-state index >= 15 is 0 Å². The van der Waals surface area contributed by atoms with Crippen LogP contribution in [0.5, 0.6) is 5.75 Å². The number of phenolic OH excluding ortho intramolecular Hbond substituents is 1. The first-order valence-corrected chi connectivity index (χ1v) is 10.1. The maximum atomic E-state index is 13.5. The number of rotatable bonds is 5. The van der Waals surface area contributed by atoms with E-state index in [1.807, 2.05) is 30.3 Å². The molecule has 1 N–H and O–H groups in total. The van der Waals surface area contributed by atoms with Crippen molar-refractivity contribution >= 4 is 11.8 Å². The van der Waals surface area contributed by atoms with Crippen molar-refractivity contribution in [3.8, 4) is 17.0 Å². The van der Waals surface area contributed by atoms with Gasteiger partial charge in [0.15, 0.2) is 0 Å². The van der Waals surface area contributed by atoms with Gasteiger partial charge < -0.3 is 9.84 Å². The summed E-state index contributed by atoms with van der Waals surface area (Å²) in [6.07, 6.45) is 0.529. The highest BCUT2D eigenvalue weighted by atomic mass is 19.1. The average molecular weight is 430 g/mol. The summed E-state index contributed by atoms with van der Waals surface area (Å²) >= 11 is 0. The molecule has 7 nitrogen and oxygen atoms in total. The number of aromatic nitrogens is 3. The molecule has 0 bridgehead atoms. The van der Waals surface area contributed by atoms with Crippen LogP contribution in [0.1, 0.15) is 11.6 Å². The molecule has 2 heterocycles. The molecule has 3 aromatic carbocycles. The Hall–Kier alpha value is -4.20. The Kier molecular flexibility index (Phi) is 5.03. The summed E-state index contributed by atoms with van der Waals surface area (Å²) < 4.78 is 21.0. The van der Waals surface area contributed by atoms with Gasteiger partial charge in [-0.1, -0.05) is 47.7 Å². The summed E-state index contributed by atoms with van der Waals surface area (Å²) in [5, 5.41) is 18.0. The Morgan fingerprint density at radius 1 is 0.969 bits per heavy atom. The van der Waals surface area contributed by atoms with E-state index in [-0.39, 0.29) is 12.3 Å². The maximum absolute atomic E-state index is 13.5. The van der Waals surface area contributed by atoms with Crippen LogP contribution in [0.2, 0.25) is 0 Å². The first kappa shape index (κ1) is 19.7. The van der Waals surface area contributed by atoms with Gasteiger partial charge in [0, 0.05) is 11.3 Å². The molecule has 1 saturated heterocycles. The van der Waals surface area contributed by atoms with Crippen LogP contribution in [-0.2, 0) is 11.3 Å². The van der Waals surface area contributed by atoms with Gasteiger partial charge in [-0.25, -0.2) is 13.9 Å². The first-order valence-electron chi connectivity index (χ1n) is 10.1. The molecule has 0 spiro atoms. The lowest BCUT2D eigenvalue weighted by Gasteiger charge is -2.25. The first-order chi connectivity index (χ1) is 15.6. The predicted molar refractivity (Wildman–Crippen MR) is 115 cm³/mol. The van der Waals surface area contributed by atoms with Crippen LogP contribution >= 0.6 is 0 Å². The molecule has 2 atom stereocenters. The normalized spacial score (nSPS) is 18.0. The molecule has 0 aliphatic carbocycles. The highest BCUT2D eigenvalue weighted by molar-refractivity contribution is 5.91. The minimum atomic E-state index is -0.596. The third-order valence-electron chi connectivity index (χ3n) is 5.46. The van der Waals surface area contributed by atoms with Crippen LogP contribution in [0, 0.1) is 5.82 Å².